The van der Waals surface area contributed by atoms with E-state index in [1.165, 1.54) is 12.2 Å². The number of fused-ring (bicyclic) bond motifs is 5. The second-order valence-corrected chi connectivity index (χ2v) is 10.1. The van der Waals surface area contributed by atoms with Crippen molar-refractivity contribution in [2.45, 2.75) is 63.8 Å². The van der Waals surface area contributed by atoms with Gasteiger partial charge in [0.15, 0.2) is 11.5 Å². The highest BCUT2D eigenvalue weighted by Crippen LogP contribution is 2.71. The van der Waals surface area contributed by atoms with Gasteiger partial charge < -0.3 is 14.9 Å². The molecule has 4 aliphatic rings. The minimum atomic E-state index is -2.06. The number of ketones is 1. The van der Waals surface area contributed by atoms with E-state index in [1.54, 1.807) is 26.8 Å². The Morgan fingerprint density at radius 3 is 2.61 bits per heavy atom. The van der Waals surface area contributed by atoms with Crippen molar-refractivity contribution < 1.29 is 33.7 Å². The van der Waals surface area contributed by atoms with Crippen LogP contribution in [0.15, 0.2) is 36.5 Å². The number of allylic oxidation sites excluding steroid dienone is 4. The molecule has 0 aliphatic heterocycles. The minimum absolute atomic E-state index is 0.170. The Kier molecular flexibility index (Phi) is 4.68. The average Bonchev–Trinajstić information content (AvgIpc) is 2.91. The van der Waals surface area contributed by atoms with Gasteiger partial charge in [-0.2, -0.15) is 0 Å². The zero-order valence-corrected chi connectivity index (χ0v) is 18.1. The van der Waals surface area contributed by atoms with Gasteiger partial charge in [-0.05, 0) is 50.7 Å². The number of aliphatic hydroxyl groups excluding tert-OH is 1. The fourth-order valence-electron chi connectivity index (χ4n) is 7.45. The lowest BCUT2D eigenvalue weighted by Gasteiger charge is -2.62. The number of hydrogen-bond donors (Lipinski definition) is 2. The number of aliphatic hydroxyl groups is 1. The number of hydrogen-bond acceptors (Lipinski definition) is 5. The maximum absolute atomic E-state index is 17.1. The molecule has 2 unspecified atom stereocenters. The zero-order valence-electron chi connectivity index (χ0n) is 18.1. The highest BCUT2D eigenvalue weighted by atomic mass is 19.1. The zero-order chi connectivity index (χ0) is 23.0. The van der Waals surface area contributed by atoms with Crippen molar-refractivity contribution in [1.82, 2.24) is 0 Å². The fourth-order valence-corrected chi connectivity index (χ4v) is 7.45. The van der Waals surface area contributed by atoms with Crippen LogP contribution in [0.25, 0.3) is 0 Å². The first-order chi connectivity index (χ1) is 14.4. The molecule has 0 aromatic heterocycles. The van der Waals surface area contributed by atoms with Crippen LogP contribution in [0.4, 0.5) is 4.39 Å². The first-order valence-corrected chi connectivity index (χ1v) is 10.8. The highest BCUT2D eigenvalue weighted by molar-refractivity contribution is 6.01. The number of carbonyl (C=O) groups excluding carboxylic acids is 2. The fraction of sp³-hybridized carbons (Fsp3) is 0.625. The van der Waals surface area contributed by atoms with Gasteiger partial charge in [0.05, 0.1) is 6.10 Å². The quantitative estimate of drug-likeness (QED) is 0.525. The van der Waals surface area contributed by atoms with E-state index in [0.29, 0.717) is 24.8 Å². The van der Waals surface area contributed by atoms with Crippen molar-refractivity contribution in [1.29, 1.82) is 0 Å². The lowest BCUT2D eigenvalue weighted by molar-refractivity contribution is -0.232. The number of rotatable bonds is 3. The number of alkyl halides is 1. The van der Waals surface area contributed by atoms with Gasteiger partial charge >= 0.3 is 11.9 Å². The van der Waals surface area contributed by atoms with Gasteiger partial charge in [0, 0.05) is 28.7 Å². The Hall–Kier alpha value is -2.28. The predicted octanol–water partition coefficient (Wildman–Crippen LogP) is 3.16. The topological polar surface area (TPSA) is 101 Å². The predicted molar refractivity (Wildman–Crippen MR) is 110 cm³/mol. The van der Waals surface area contributed by atoms with E-state index in [9.17, 15) is 24.6 Å². The third kappa shape index (κ3) is 2.44. The van der Waals surface area contributed by atoms with Gasteiger partial charge in [-0.3, -0.25) is 4.79 Å². The number of halogens is 1. The van der Waals surface area contributed by atoms with Crippen molar-refractivity contribution in [3.05, 3.63) is 36.5 Å². The molecule has 4 rings (SSSR count). The Balaban J connectivity index is 1.85. The lowest BCUT2D eigenvalue weighted by Crippen LogP contribution is -2.69. The largest absolute Gasteiger partial charge is 0.478 e. The van der Waals surface area contributed by atoms with Gasteiger partial charge in [0.25, 0.3) is 0 Å². The van der Waals surface area contributed by atoms with E-state index >= 15 is 4.39 Å². The molecule has 168 valence electrons. The Bertz CT molecular complexity index is 938. The molecular formula is C24H29FO6. The molecule has 4 aliphatic carbocycles. The minimum Gasteiger partial charge on any atom is -0.478 e. The summed E-state index contributed by atoms with van der Waals surface area (Å²) in [7, 11) is 0. The Labute approximate surface area is 180 Å². The van der Waals surface area contributed by atoms with Gasteiger partial charge in [-0.1, -0.05) is 32.1 Å². The molecule has 3 fully saturated rings. The summed E-state index contributed by atoms with van der Waals surface area (Å²) in [5.41, 5.74) is -5.60. The summed E-state index contributed by atoms with van der Waals surface area (Å²) in [5.74, 6) is -3.98. The first-order valence-electron chi connectivity index (χ1n) is 10.8. The summed E-state index contributed by atoms with van der Waals surface area (Å²) < 4.78 is 22.6. The number of carboxylic acid groups (broad SMARTS) is 1. The monoisotopic (exact) mass is 432 g/mol. The van der Waals surface area contributed by atoms with E-state index in [4.69, 9.17) is 4.74 Å². The molecule has 8 atom stereocenters. The van der Waals surface area contributed by atoms with Gasteiger partial charge in [0.1, 0.15) is 0 Å². The van der Waals surface area contributed by atoms with E-state index in [2.05, 4.69) is 6.58 Å². The average molecular weight is 432 g/mol. The smallest absolute Gasteiger partial charge is 0.349 e. The molecular weight excluding hydrogens is 403 g/mol. The van der Waals surface area contributed by atoms with Crippen LogP contribution in [0.2, 0.25) is 0 Å². The van der Waals surface area contributed by atoms with Crippen LogP contribution < -0.4 is 0 Å². The summed E-state index contributed by atoms with van der Waals surface area (Å²) in [5, 5.41) is 21.5. The van der Waals surface area contributed by atoms with E-state index in [1.807, 2.05) is 0 Å². The van der Waals surface area contributed by atoms with Crippen LogP contribution in [-0.4, -0.2) is 45.3 Å². The Morgan fingerprint density at radius 2 is 2.00 bits per heavy atom. The van der Waals surface area contributed by atoms with Crippen molar-refractivity contribution in [2.75, 3.05) is 0 Å². The van der Waals surface area contributed by atoms with Crippen molar-refractivity contribution in [3.8, 4) is 0 Å². The molecule has 0 saturated heterocycles. The maximum atomic E-state index is 17.1. The van der Waals surface area contributed by atoms with Crippen LogP contribution in [-0.2, 0) is 19.1 Å². The third-order valence-corrected chi connectivity index (χ3v) is 8.93. The molecule has 0 spiro atoms. The number of ether oxygens (including phenoxy) is 1. The molecule has 31 heavy (non-hydrogen) atoms. The van der Waals surface area contributed by atoms with E-state index in [-0.39, 0.29) is 12.2 Å². The Morgan fingerprint density at radius 1 is 1.32 bits per heavy atom. The summed E-state index contributed by atoms with van der Waals surface area (Å²) >= 11 is 0. The number of carboxylic acids is 1. The normalized spacial score (nSPS) is 48.2. The molecule has 7 heteroatoms. The third-order valence-electron chi connectivity index (χ3n) is 8.93. The molecule has 0 radical (unpaired) electrons. The summed E-state index contributed by atoms with van der Waals surface area (Å²) in [6, 6.07) is 0. The van der Waals surface area contributed by atoms with Crippen LogP contribution in [0.1, 0.15) is 46.5 Å². The number of carbonyl (C=O) groups is 3. The molecule has 0 heterocycles. The summed E-state index contributed by atoms with van der Waals surface area (Å²) in [6.07, 6.45) is 4.86. The molecule has 0 aromatic carbocycles. The van der Waals surface area contributed by atoms with Gasteiger partial charge in [-0.15, -0.1) is 0 Å². The van der Waals surface area contributed by atoms with Gasteiger partial charge in [0.2, 0.25) is 5.60 Å². The van der Waals surface area contributed by atoms with E-state index < -0.39 is 57.9 Å². The number of aliphatic carboxylic acids is 1. The molecule has 0 amide bonds. The maximum Gasteiger partial charge on any atom is 0.349 e. The van der Waals surface area contributed by atoms with Crippen LogP contribution in [0.5, 0.6) is 0 Å². The SMILES string of the molecule is C=CC(=O)O[C@]1(C(=O)O)[C@H](C)CC2C3CCC4=CC(=O)C=C[C@]4(C)[C@@]3(F)[C@@H](O)C[C@@]21C. The first kappa shape index (κ1) is 21.9. The van der Waals surface area contributed by atoms with Crippen LogP contribution in [0.3, 0.4) is 0 Å². The van der Waals surface area contributed by atoms with Crippen molar-refractivity contribution in [3.63, 3.8) is 0 Å². The second kappa shape index (κ2) is 6.61. The molecule has 0 aromatic rings. The molecule has 0 bridgehead atoms. The van der Waals surface area contributed by atoms with Crippen LogP contribution >= 0.6 is 0 Å². The molecule has 6 nitrogen and oxygen atoms in total. The van der Waals surface area contributed by atoms with Gasteiger partial charge in [-0.25, -0.2) is 14.0 Å². The van der Waals surface area contributed by atoms with Crippen LogP contribution in [0, 0.1) is 28.6 Å². The summed E-state index contributed by atoms with van der Waals surface area (Å²) in [4.78, 5) is 36.6. The molecule has 2 N–H and O–H groups in total. The summed E-state index contributed by atoms with van der Waals surface area (Å²) in [6.45, 7) is 8.49. The van der Waals surface area contributed by atoms with E-state index in [0.717, 1.165) is 6.08 Å². The second-order valence-electron chi connectivity index (χ2n) is 10.1. The van der Waals surface area contributed by atoms with Crippen molar-refractivity contribution in [2.24, 2.45) is 28.6 Å². The highest BCUT2D eigenvalue weighted by Gasteiger charge is 2.77. The standard InChI is InChI=1S/C24H29FO6/c1-5-19(28)31-24(20(29)30)13(2)10-17-16-7-6-14-11-15(26)8-9-21(14,3)23(16,25)18(27)12-22(17,24)4/h5,8-9,11,13,16-18,27H,1,6-7,10,12H2,2-4H3,(H,29,30)/t13-,16?,17?,18+,21+,22+,23+,24+/m1/s1. The lowest BCUT2D eigenvalue weighted by atomic mass is 9.44. The number of esters is 1. The molecule has 3 saturated carbocycles. The van der Waals surface area contributed by atoms with Crippen molar-refractivity contribution >= 4 is 17.7 Å².